The Balaban J connectivity index is 2.27. The first-order valence-electron chi connectivity index (χ1n) is 5.02. The van der Waals surface area contributed by atoms with Crippen LogP contribution in [0.2, 0.25) is 0 Å². The van der Waals surface area contributed by atoms with Gasteiger partial charge < -0.3 is 10.3 Å². The standard InChI is InChI=1S/C9H10F2N6S2/c1-17(2)8-15-16-9(19-8)18-7-5(11)3-4(10)6(13-7)14-12/h3H,12H2,1-2H3,(H,13,14). The zero-order valence-corrected chi connectivity index (χ0v) is 11.6. The van der Waals surface area contributed by atoms with Gasteiger partial charge in [-0.3, -0.25) is 0 Å². The first-order chi connectivity index (χ1) is 9.01. The van der Waals surface area contributed by atoms with Gasteiger partial charge in [-0.15, -0.1) is 10.2 Å². The number of aromatic nitrogens is 3. The number of hydrogen-bond acceptors (Lipinski definition) is 8. The topological polar surface area (TPSA) is 80.0 Å². The second-order valence-corrected chi connectivity index (χ2v) is 5.79. The van der Waals surface area contributed by atoms with Gasteiger partial charge in [0.2, 0.25) is 5.13 Å². The lowest BCUT2D eigenvalue weighted by atomic mass is 10.4. The predicted octanol–water partition coefficient (Wildman–Crippen LogP) is 1.71. The summed E-state index contributed by atoms with van der Waals surface area (Å²) in [6.45, 7) is 0. The van der Waals surface area contributed by atoms with Crippen molar-refractivity contribution in [3.63, 3.8) is 0 Å². The van der Waals surface area contributed by atoms with Crippen LogP contribution >= 0.6 is 23.1 Å². The third-order valence-electron chi connectivity index (χ3n) is 2.00. The number of pyridine rings is 1. The number of anilines is 2. The molecule has 19 heavy (non-hydrogen) atoms. The Hall–Kier alpha value is -1.52. The number of halogens is 2. The summed E-state index contributed by atoms with van der Waals surface area (Å²) in [4.78, 5) is 5.52. The molecule has 0 radical (unpaired) electrons. The summed E-state index contributed by atoms with van der Waals surface area (Å²) in [5.74, 6) is 3.24. The van der Waals surface area contributed by atoms with Crippen LogP contribution in [0.25, 0.3) is 0 Å². The third kappa shape index (κ3) is 3.08. The quantitative estimate of drug-likeness (QED) is 0.657. The molecule has 0 bridgehead atoms. The van der Waals surface area contributed by atoms with Crippen LogP contribution in [0.5, 0.6) is 0 Å². The Morgan fingerprint density at radius 3 is 2.63 bits per heavy atom. The zero-order valence-electron chi connectivity index (χ0n) is 10.0. The molecule has 3 N–H and O–H groups in total. The van der Waals surface area contributed by atoms with Gasteiger partial charge in [-0.2, -0.15) is 0 Å². The Bertz CT molecular complexity index is 588. The molecule has 0 aliphatic carbocycles. The average molecular weight is 304 g/mol. The monoisotopic (exact) mass is 304 g/mol. The second kappa shape index (κ2) is 5.63. The van der Waals surface area contributed by atoms with Gasteiger partial charge in [-0.1, -0.05) is 11.3 Å². The van der Waals surface area contributed by atoms with E-state index in [2.05, 4.69) is 20.6 Å². The maximum absolute atomic E-state index is 13.6. The molecule has 0 aliphatic rings. The van der Waals surface area contributed by atoms with E-state index in [-0.39, 0.29) is 10.8 Å². The summed E-state index contributed by atoms with van der Waals surface area (Å²) in [6.07, 6.45) is 0. The fourth-order valence-electron chi connectivity index (χ4n) is 1.13. The number of rotatable bonds is 4. The highest BCUT2D eigenvalue weighted by Crippen LogP contribution is 2.34. The van der Waals surface area contributed by atoms with Gasteiger partial charge >= 0.3 is 0 Å². The molecule has 2 heterocycles. The molecule has 0 fully saturated rings. The molecule has 0 aliphatic heterocycles. The van der Waals surface area contributed by atoms with E-state index in [0.29, 0.717) is 9.47 Å². The van der Waals surface area contributed by atoms with Gasteiger partial charge in [0, 0.05) is 20.2 Å². The molecule has 2 rings (SSSR count). The van der Waals surface area contributed by atoms with Crippen LogP contribution in [-0.2, 0) is 0 Å². The fourth-order valence-corrected chi connectivity index (χ4v) is 2.80. The Morgan fingerprint density at radius 2 is 2.05 bits per heavy atom. The molecule has 0 aromatic carbocycles. The lowest BCUT2D eigenvalue weighted by molar-refractivity contribution is 0.551. The molecular formula is C9H10F2N6S2. The molecule has 102 valence electrons. The second-order valence-electron chi connectivity index (χ2n) is 3.60. The van der Waals surface area contributed by atoms with Gasteiger partial charge in [0.1, 0.15) is 5.03 Å². The van der Waals surface area contributed by atoms with Crippen molar-refractivity contribution in [3.8, 4) is 0 Å². The summed E-state index contributed by atoms with van der Waals surface area (Å²) >= 11 is 2.24. The number of hydrogen-bond donors (Lipinski definition) is 2. The van der Waals surface area contributed by atoms with Crippen LogP contribution in [-0.4, -0.2) is 29.3 Å². The predicted molar refractivity (Wildman–Crippen MR) is 70.3 cm³/mol. The third-order valence-corrected chi connectivity index (χ3v) is 4.12. The highest BCUT2D eigenvalue weighted by molar-refractivity contribution is 8.01. The molecule has 0 atom stereocenters. The minimum absolute atomic E-state index is 0.0178. The maximum atomic E-state index is 13.6. The van der Waals surface area contributed by atoms with Crippen molar-refractivity contribution in [1.82, 2.24) is 15.2 Å². The van der Waals surface area contributed by atoms with Crippen molar-refractivity contribution in [3.05, 3.63) is 17.7 Å². The largest absolute Gasteiger partial charge is 0.353 e. The summed E-state index contributed by atoms with van der Waals surface area (Å²) in [7, 11) is 3.64. The van der Waals surface area contributed by atoms with Crippen LogP contribution in [0.3, 0.4) is 0 Å². The van der Waals surface area contributed by atoms with Crippen LogP contribution in [0.1, 0.15) is 0 Å². The van der Waals surface area contributed by atoms with Crippen molar-refractivity contribution >= 4 is 34.0 Å². The number of hydrazine groups is 1. The highest BCUT2D eigenvalue weighted by atomic mass is 32.2. The number of nitrogens with one attached hydrogen (secondary N) is 1. The van der Waals surface area contributed by atoms with Crippen molar-refractivity contribution in [1.29, 1.82) is 0 Å². The van der Waals surface area contributed by atoms with E-state index in [0.717, 1.165) is 17.8 Å². The van der Waals surface area contributed by atoms with Crippen molar-refractivity contribution in [2.45, 2.75) is 9.37 Å². The van der Waals surface area contributed by atoms with E-state index >= 15 is 0 Å². The van der Waals surface area contributed by atoms with E-state index in [1.165, 1.54) is 11.3 Å². The van der Waals surface area contributed by atoms with Crippen molar-refractivity contribution < 1.29 is 8.78 Å². The molecule has 6 nitrogen and oxygen atoms in total. The first kappa shape index (κ1) is 13.9. The lowest BCUT2D eigenvalue weighted by Crippen LogP contribution is -2.11. The van der Waals surface area contributed by atoms with Gasteiger partial charge in [0.15, 0.2) is 21.8 Å². The molecule has 2 aromatic heterocycles. The van der Waals surface area contributed by atoms with Crippen LogP contribution < -0.4 is 16.2 Å². The van der Waals surface area contributed by atoms with E-state index in [1.54, 1.807) is 4.90 Å². The number of nitrogen functional groups attached to an aromatic ring is 1. The van der Waals surface area contributed by atoms with Gasteiger partial charge in [0.25, 0.3) is 0 Å². The van der Waals surface area contributed by atoms with E-state index in [1.807, 2.05) is 14.1 Å². The van der Waals surface area contributed by atoms with Gasteiger partial charge in [0.05, 0.1) is 0 Å². The number of nitrogens with zero attached hydrogens (tertiary/aromatic N) is 4. The Morgan fingerprint density at radius 1 is 1.32 bits per heavy atom. The van der Waals surface area contributed by atoms with Gasteiger partial charge in [-0.25, -0.2) is 19.6 Å². The smallest absolute Gasteiger partial charge is 0.208 e. The van der Waals surface area contributed by atoms with Crippen LogP contribution in [0, 0.1) is 11.6 Å². The highest BCUT2D eigenvalue weighted by Gasteiger charge is 2.15. The minimum Gasteiger partial charge on any atom is -0.353 e. The average Bonchev–Trinajstić information content (AvgIpc) is 2.81. The summed E-state index contributed by atoms with van der Waals surface area (Å²) in [5, 5.41) is 8.46. The number of nitrogens with two attached hydrogens (primary N) is 1. The van der Waals surface area contributed by atoms with E-state index in [9.17, 15) is 8.78 Å². The molecule has 10 heteroatoms. The van der Waals surface area contributed by atoms with E-state index < -0.39 is 11.6 Å². The van der Waals surface area contributed by atoms with Crippen LogP contribution in [0.15, 0.2) is 15.4 Å². The Kier molecular flexibility index (Phi) is 4.12. The molecule has 0 saturated heterocycles. The summed E-state index contributed by atoms with van der Waals surface area (Å²) in [5.41, 5.74) is 2.07. The van der Waals surface area contributed by atoms with E-state index in [4.69, 9.17) is 5.84 Å². The minimum atomic E-state index is -0.851. The Labute approximate surface area is 116 Å². The molecule has 0 spiro atoms. The fraction of sp³-hybridized carbons (Fsp3) is 0.222. The summed E-state index contributed by atoms with van der Waals surface area (Å²) < 4.78 is 27.3. The molecule has 2 aromatic rings. The lowest BCUT2D eigenvalue weighted by Gasteiger charge is -2.05. The first-order valence-corrected chi connectivity index (χ1v) is 6.66. The van der Waals surface area contributed by atoms with Crippen LogP contribution in [0.4, 0.5) is 19.7 Å². The summed E-state index contributed by atoms with van der Waals surface area (Å²) in [6, 6.07) is 0.721. The molecule has 0 amide bonds. The zero-order chi connectivity index (χ0) is 14.0. The SMILES string of the molecule is CN(C)c1nnc(Sc2nc(NN)c(F)cc2F)s1. The maximum Gasteiger partial charge on any atom is 0.208 e. The van der Waals surface area contributed by atoms with Gasteiger partial charge in [-0.05, 0) is 11.8 Å². The van der Waals surface area contributed by atoms with Crippen molar-refractivity contribution in [2.24, 2.45) is 5.84 Å². The normalized spacial score (nSPS) is 10.6. The van der Waals surface area contributed by atoms with Crippen molar-refractivity contribution in [2.75, 3.05) is 24.4 Å². The molecule has 0 saturated carbocycles. The molecular weight excluding hydrogens is 294 g/mol. The molecule has 0 unspecified atom stereocenters.